The van der Waals surface area contributed by atoms with Crippen LogP contribution in [-0.2, 0) is 0 Å². The SMILES string of the molecule is c1ccc(-c2ccc3c(c2)oc2c(-c4ccccc4)ccc(N(c4ccc(-c5cccc6ccccc56)cc4)c4ccc5c(c4)sc4cc(-c6ccccc6)ccc45)c23)cc1. The maximum atomic E-state index is 7.01. The fourth-order valence-electron chi connectivity index (χ4n) is 9.11. The van der Waals surface area contributed by atoms with Crippen LogP contribution in [0, 0.1) is 0 Å². The molecule has 12 aromatic rings. The molecule has 10 aromatic carbocycles. The average Bonchev–Trinajstić information content (AvgIpc) is 3.90. The third-order valence-electron chi connectivity index (χ3n) is 12.1. The van der Waals surface area contributed by atoms with Crippen molar-refractivity contribution < 1.29 is 4.42 Å². The molecule has 0 spiro atoms. The van der Waals surface area contributed by atoms with Crippen LogP contribution in [0.25, 0.3) is 97.4 Å². The van der Waals surface area contributed by atoms with Gasteiger partial charge >= 0.3 is 0 Å². The van der Waals surface area contributed by atoms with Crippen LogP contribution in [0.4, 0.5) is 17.1 Å². The Morgan fingerprint density at radius 1 is 0.344 bits per heavy atom. The summed E-state index contributed by atoms with van der Waals surface area (Å²) in [5, 5.41) is 7.19. The molecule has 61 heavy (non-hydrogen) atoms. The molecule has 0 aliphatic heterocycles. The van der Waals surface area contributed by atoms with Crippen molar-refractivity contribution in [2.45, 2.75) is 0 Å². The topological polar surface area (TPSA) is 16.4 Å². The third kappa shape index (κ3) is 6.09. The van der Waals surface area contributed by atoms with Crippen LogP contribution in [0.5, 0.6) is 0 Å². The lowest BCUT2D eigenvalue weighted by Crippen LogP contribution is -2.10. The minimum Gasteiger partial charge on any atom is -0.455 e. The zero-order valence-electron chi connectivity index (χ0n) is 33.1. The Morgan fingerprint density at radius 2 is 0.902 bits per heavy atom. The van der Waals surface area contributed by atoms with E-state index < -0.39 is 0 Å². The highest BCUT2D eigenvalue weighted by molar-refractivity contribution is 7.25. The largest absolute Gasteiger partial charge is 0.455 e. The van der Waals surface area contributed by atoms with E-state index >= 15 is 0 Å². The smallest absolute Gasteiger partial charge is 0.145 e. The number of thiophene rings is 1. The molecule has 286 valence electrons. The monoisotopic (exact) mass is 795 g/mol. The van der Waals surface area contributed by atoms with E-state index in [1.54, 1.807) is 0 Å². The van der Waals surface area contributed by atoms with E-state index in [4.69, 9.17) is 4.42 Å². The molecule has 12 rings (SSSR count). The van der Waals surface area contributed by atoms with Crippen LogP contribution < -0.4 is 4.90 Å². The standard InChI is InChI=1S/C58H37NOS/c1-4-13-38(14-5-1)43-26-31-52-54(35-43)60-58-49(41-17-8-3-9-18-41)33-34-53(57(52)58)59(45-27-23-42(24-28-45)48-22-12-20-40-19-10-11-21-47(40)48)46-29-32-51-50-30-25-44(39-15-6-2-7-16-39)36-55(50)61-56(51)37-46/h1-37H. The van der Waals surface area contributed by atoms with Crippen molar-refractivity contribution in [3.8, 4) is 44.5 Å². The van der Waals surface area contributed by atoms with Crippen LogP contribution >= 0.6 is 11.3 Å². The molecule has 0 atom stereocenters. The fourth-order valence-corrected chi connectivity index (χ4v) is 10.3. The summed E-state index contributed by atoms with van der Waals surface area (Å²) in [4.78, 5) is 2.42. The molecule has 0 bridgehead atoms. The number of hydrogen-bond donors (Lipinski definition) is 0. The number of rotatable bonds is 7. The molecule has 0 saturated heterocycles. The van der Waals surface area contributed by atoms with Crippen molar-refractivity contribution in [2.75, 3.05) is 4.90 Å². The Kier molecular flexibility index (Phi) is 8.39. The highest BCUT2D eigenvalue weighted by atomic mass is 32.1. The Balaban J connectivity index is 1.08. The van der Waals surface area contributed by atoms with Crippen molar-refractivity contribution in [1.29, 1.82) is 0 Å². The lowest BCUT2D eigenvalue weighted by atomic mass is 9.97. The number of hydrogen-bond acceptors (Lipinski definition) is 3. The molecule has 3 heteroatoms. The van der Waals surface area contributed by atoms with Gasteiger partial charge in [-0.15, -0.1) is 11.3 Å². The quantitative estimate of drug-likeness (QED) is 0.160. The maximum Gasteiger partial charge on any atom is 0.145 e. The van der Waals surface area contributed by atoms with Crippen LogP contribution in [0.2, 0.25) is 0 Å². The summed E-state index contributed by atoms with van der Waals surface area (Å²) in [5.41, 5.74) is 14.3. The summed E-state index contributed by atoms with van der Waals surface area (Å²) in [5.74, 6) is 0. The summed E-state index contributed by atoms with van der Waals surface area (Å²) < 4.78 is 9.54. The lowest BCUT2D eigenvalue weighted by molar-refractivity contribution is 0.670. The summed E-state index contributed by atoms with van der Waals surface area (Å²) in [6, 6.07) is 81.0. The minimum atomic E-state index is 0.862. The number of anilines is 3. The van der Waals surface area contributed by atoms with Gasteiger partial charge in [0.1, 0.15) is 11.2 Å². The van der Waals surface area contributed by atoms with Crippen molar-refractivity contribution in [2.24, 2.45) is 0 Å². The Bertz CT molecular complexity index is 3560. The van der Waals surface area contributed by atoms with Crippen LogP contribution in [0.15, 0.2) is 229 Å². The maximum absolute atomic E-state index is 7.01. The summed E-state index contributed by atoms with van der Waals surface area (Å²) >= 11 is 1.86. The van der Waals surface area contributed by atoms with Crippen LogP contribution in [0.1, 0.15) is 0 Å². The van der Waals surface area contributed by atoms with Gasteiger partial charge in [-0.2, -0.15) is 0 Å². The number of fused-ring (bicyclic) bond motifs is 7. The predicted molar refractivity (Wildman–Crippen MR) is 261 cm³/mol. The van der Waals surface area contributed by atoms with E-state index in [2.05, 4.69) is 229 Å². The summed E-state index contributed by atoms with van der Waals surface area (Å²) in [6.45, 7) is 0. The Labute approximate surface area is 357 Å². The first kappa shape index (κ1) is 35.2. The van der Waals surface area contributed by atoms with Crippen molar-refractivity contribution >= 4 is 81.3 Å². The van der Waals surface area contributed by atoms with Gasteiger partial charge in [0.05, 0.1) is 11.1 Å². The van der Waals surface area contributed by atoms with Gasteiger partial charge in [0.15, 0.2) is 0 Å². The van der Waals surface area contributed by atoms with Gasteiger partial charge < -0.3 is 9.32 Å². The zero-order valence-corrected chi connectivity index (χ0v) is 33.9. The third-order valence-corrected chi connectivity index (χ3v) is 13.2. The van der Waals surface area contributed by atoms with Gasteiger partial charge in [-0.05, 0) is 104 Å². The number of benzene rings is 10. The van der Waals surface area contributed by atoms with E-state index in [-0.39, 0.29) is 0 Å². The second-order valence-electron chi connectivity index (χ2n) is 15.6. The Morgan fingerprint density at radius 3 is 1.64 bits per heavy atom. The van der Waals surface area contributed by atoms with Crippen LogP contribution in [0.3, 0.4) is 0 Å². The van der Waals surface area contributed by atoms with Gasteiger partial charge in [0.25, 0.3) is 0 Å². The normalized spacial score (nSPS) is 11.6. The highest BCUT2D eigenvalue weighted by Gasteiger charge is 2.23. The molecule has 2 heterocycles. The molecule has 0 radical (unpaired) electrons. The van der Waals surface area contributed by atoms with Gasteiger partial charge in [0, 0.05) is 42.5 Å². The van der Waals surface area contributed by atoms with Gasteiger partial charge in [-0.1, -0.05) is 170 Å². The van der Waals surface area contributed by atoms with E-state index in [1.165, 1.54) is 53.2 Å². The molecule has 0 saturated carbocycles. The minimum absolute atomic E-state index is 0.862. The number of nitrogens with zero attached hydrogens (tertiary/aromatic N) is 1. The zero-order chi connectivity index (χ0) is 40.3. The second kappa shape index (κ2) is 14.5. The van der Waals surface area contributed by atoms with E-state index in [0.29, 0.717) is 0 Å². The Hall–Kier alpha value is -7.72. The molecule has 0 aliphatic carbocycles. The number of furan rings is 1. The molecule has 2 nitrogen and oxygen atoms in total. The van der Waals surface area contributed by atoms with Crippen molar-refractivity contribution in [1.82, 2.24) is 0 Å². The molecule has 0 N–H and O–H groups in total. The average molecular weight is 796 g/mol. The molecule has 0 unspecified atom stereocenters. The van der Waals surface area contributed by atoms with Gasteiger partial charge in [0.2, 0.25) is 0 Å². The highest BCUT2D eigenvalue weighted by Crippen LogP contribution is 2.48. The summed E-state index contributed by atoms with van der Waals surface area (Å²) in [6.07, 6.45) is 0. The van der Waals surface area contributed by atoms with Crippen molar-refractivity contribution in [3.63, 3.8) is 0 Å². The molecular weight excluding hydrogens is 759 g/mol. The molecule has 2 aromatic heterocycles. The molecule has 0 aliphatic rings. The first-order valence-electron chi connectivity index (χ1n) is 20.7. The lowest BCUT2D eigenvalue weighted by Gasteiger charge is -2.27. The van der Waals surface area contributed by atoms with Crippen molar-refractivity contribution in [3.05, 3.63) is 224 Å². The predicted octanol–water partition coefficient (Wildman–Crippen LogP) is 17.2. The van der Waals surface area contributed by atoms with E-state index in [9.17, 15) is 0 Å². The first-order valence-corrected chi connectivity index (χ1v) is 21.6. The van der Waals surface area contributed by atoms with Crippen LogP contribution in [-0.4, -0.2) is 0 Å². The summed E-state index contributed by atoms with van der Waals surface area (Å²) in [7, 11) is 0. The molecular formula is C58H37NOS. The molecule has 0 amide bonds. The fraction of sp³-hybridized carbons (Fsp3) is 0. The van der Waals surface area contributed by atoms with Gasteiger partial charge in [-0.25, -0.2) is 0 Å². The van der Waals surface area contributed by atoms with Gasteiger partial charge in [-0.3, -0.25) is 0 Å². The first-order chi connectivity index (χ1) is 30.2. The van der Waals surface area contributed by atoms with E-state index in [1.807, 2.05) is 11.3 Å². The van der Waals surface area contributed by atoms with E-state index in [0.717, 1.165) is 61.3 Å². The second-order valence-corrected chi connectivity index (χ2v) is 16.7. The molecule has 0 fully saturated rings.